The van der Waals surface area contributed by atoms with E-state index in [1.165, 1.54) is 0 Å². The Morgan fingerprint density at radius 1 is 1.30 bits per heavy atom. The van der Waals surface area contributed by atoms with Crippen molar-refractivity contribution in [2.24, 2.45) is 0 Å². The summed E-state index contributed by atoms with van der Waals surface area (Å²) in [5.41, 5.74) is 1.71. The van der Waals surface area contributed by atoms with Gasteiger partial charge in [0.05, 0.1) is 18.7 Å². The van der Waals surface area contributed by atoms with Crippen molar-refractivity contribution in [1.82, 2.24) is 10.6 Å². The molecule has 124 valence electrons. The summed E-state index contributed by atoms with van der Waals surface area (Å²) in [5.74, 6) is 1.01. The smallest absolute Gasteiger partial charge is 0.338 e. The van der Waals surface area contributed by atoms with Crippen molar-refractivity contribution < 1.29 is 19.1 Å². The number of urea groups is 1. The van der Waals surface area contributed by atoms with E-state index in [1.807, 2.05) is 18.4 Å². The lowest BCUT2D eigenvalue weighted by atomic mass is 9.95. The highest BCUT2D eigenvalue weighted by atomic mass is 32.2. The topological polar surface area (TPSA) is 76.7 Å². The standard InChI is InChI=1S/C16H20N2O4S/c1-10-13(15(19)22-8-9-23-3)14(18-16(20)17-10)11-4-6-12(21-2)7-5-11/h4-7,14H,8-9H2,1-3H3,(H2,17,18,20)/t14-/m1/s1. The first-order chi connectivity index (χ1) is 11.1. The van der Waals surface area contributed by atoms with Crippen molar-refractivity contribution in [2.75, 3.05) is 25.7 Å². The molecule has 2 rings (SSSR count). The molecule has 1 aliphatic rings. The number of hydrogen-bond donors (Lipinski definition) is 2. The lowest BCUT2D eigenvalue weighted by molar-refractivity contribution is -0.138. The molecule has 1 aromatic rings. The fourth-order valence-corrected chi connectivity index (χ4v) is 2.56. The fraction of sp³-hybridized carbons (Fsp3) is 0.375. The van der Waals surface area contributed by atoms with Gasteiger partial charge >= 0.3 is 12.0 Å². The number of thioether (sulfide) groups is 1. The van der Waals surface area contributed by atoms with E-state index in [4.69, 9.17) is 9.47 Å². The molecule has 0 saturated carbocycles. The third-order valence-electron chi connectivity index (χ3n) is 3.46. The molecule has 23 heavy (non-hydrogen) atoms. The van der Waals surface area contributed by atoms with Crippen LogP contribution in [0.3, 0.4) is 0 Å². The Bertz CT molecular complexity index is 613. The summed E-state index contributed by atoms with van der Waals surface area (Å²) < 4.78 is 10.4. The molecular weight excluding hydrogens is 316 g/mol. The van der Waals surface area contributed by atoms with Crippen molar-refractivity contribution in [3.05, 3.63) is 41.1 Å². The van der Waals surface area contributed by atoms with Crippen molar-refractivity contribution >= 4 is 23.8 Å². The molecule has 0 spiro atoms. The van der Waals surface area contributed by atoms with Gasteiger partial charge in [-0.1, -0.05) is 12.1 Å². The number of carbonyl (C=O) groups is 2. The van der Waals surface area contributed by atoms with Gasteiger partial charge in [0.25, 0.3) is 0 Å². The summed E-state index contributed by atoms with van der Waals surface area (Å²) in [7, 11) is 1.58. The second kappa shape index (κ2) is 7.92. The summed E-state index contributed by atoms with van der Waals surface area (Å²) >= 11 is 1.60. The molecule has 0 saturated heterocycles. The number of methoxy groups -OCH3 is 1. The van der Waals surface area contributed by atoms with E-state index in [2.05, 4.69) is 10.6 Å². The minimum atomic E-state index is -0.545. The van der Waals surface area contributed by atoms with Crippen LogP contribution in [-0.2, 0) is 9.53 Å². The van der Waals surface area contributed by atoms with Crippen LogP contribution in [0.2, 0.25) is 0 Å². The summed E-state index contributed by atoms with van der Waals surface area (Å²) in [6.07, 6.45) is 1.95. The van der Waals surface area contributed by atoms with Crippen LogP contribution in [0.15, 0.2) is 35.5 Å². The Kier molecular flexibility index (Phi) is 5.92. The minimum absolute atomic E-state index is 0.333. The highest BCUT2D eigenvalue weighted by molar-refractivity contribution is 7.98. The third kappa shape index (κ3) is 4.19. The zero-order chi connectivity index (χ0) is 16.8. The number of esters is 1. The second-order valence-corrected chi connectivity index (χ2v) is 5.96. The number of hydrogen-bond acceptors (Lipinski definition) is 5. The van der Waals surface area contributed by atoms with E-state index >= 15 is 0 Å². The first-order valence-electron chi connectivity index (χ1n) is 7.15. The van der Waals surface area contributed by atoms with E-state index in [1.54, 1.807) is 37.9 Å². The summed E-state index contributed by atoms with van der Waals surface area (Å²) in [4.78, 5) is 24.2. The molecule has 0 bridgehead atoms. The zero-order valence-electron chi connectivity index (χ0n) is 13.3. The fourth-order valence-electron chi connectivity index (χ4n) is 2.31. The molecule has 1 aromatic carbocycles. The first kappa shape index (κ1) is 17.2. The maximum Gasteiger partial charge on any atom is 0.338 e. The Morgan fingerprint density at radius 2 is 2.00 bits per heavy atom. The lowest BCUT2D eigenvalue weighted by Crippen LogP contribution is -2.45. The molecule has 6 nitrogen and oxygen atoms in total. The summed E-state index contributed by atoms with van der Waals surface area (Å²) in [6.45, 7) is 2.03. The molecule has 0 radical (unpaired) electrons. The van der Waals surface area contributed by atoms with Crippen LogP contribution < -0.4 is 15.4 Å². The van der Waals surface area contributed by atoms with Crippen molar-refractivity contribution in [3.8, 4) is 5.75 Å². The Hall–Kier alpha value is -2.15. The minimum Gasteiger partial charge on any atom is -0.497 e. The zero-order valence-corrected chi connectivity index (χ0v) is 14.2. The maximum atomic E-state index is 12.4. The van der Waals surface area contributed by atoms with Gasteiger partial charge in [0.15, 0.2) is 0 Å². The van der Waals surface area contributed by atoms with Crippen LogP contribution in [-0.4, -0.2) is 37.7 Å². The number of benzene rings is 1. The molecule has 0 aromatic heterocycles. The van der Waals surface area contributed by atoms with E-state index in [0.29, 0.717) is 23.6 Å². The van der Waals surface area contributed by atoms with Gasteiger partial charge in [0.1, 0.15) is 12.4 Å². The lowest BCUT2D eigenvalue weighted by Gasteiger charge is -2.28. The second-order valence-electron chi connectivity index (χ2n) is 4.97. The van der Waals surface area contributed by atoms with Gasteiger partial charge in [-0.3, -0.25) is 0 Å². The number of allylic oxidation sites excluding steroid dienone is 1. The van der Waals surface area contributed by atoms with Gasteiger partial charge in [-0.05, 0) is 30.9 Å². The van der Waals surface area contributed by atoms with Crippen LogP contribution in [0.1, 0.15) is 18.5 Å². The van der Waals surface area contributed by atoms with Crippen LogP contribution in [0, 0.1) is 0 Å². The van der Waals surface area contributed by atoms with Crippen LogP contribution in [0.5, 0.6) is 5.75 Å². The number of amides is 2. The molecule has 0 aliphatic carbocycles. The van der Waals surface area contributed by atoms with Crippen molar-refractivity contribution in [3.63, 3.8) is 0 Å². The predicted octanol–water partition coefficient (Wildman–Crippen LogP) is 2.23. The molecule has 1 heterocycles. The SMILES string of the molecule is COc1ccc([C@H]2NC(=O)NC(C)=C2C(=O)OCCSC)cc1. The number of carbonyl (C=O) groups excluding carboxylic acids is 2. The molecular formula is C16H20N2O4S. The average molecular weight is 336 g/mol. The molecule has 7 heteroatoms. The van der Waals surface area contributed by atoms with Crippen LogP contribution in [0.25, 0.3) is 0 Å². The summed E-state index contributed by atoms with van der Waals surface area (Å²) in [5, 5.41) is 5.39. The van der Waals surface area contributed by atoms with Gasteiger partial charge in [-0.15, -0.1) is 0 Å². The Morgan fingerprint density at radius 3 is 2.61 bits per heavy atom. The van der Waals surface area contributed by atoms with Crippen LogP contribution in [0.4, 0.5) is 4.79 Å². The molecule has 1 atom stereocenters. The number of nitrogens with one attached hydrogen (secondary N) is 2. The summed E-state index contributed by atoms with van der Waals surface area (Å²) in [6, 6.07) is 6.32. The molecule has 1 aliphatic heterocycles. The van der Waals surface area contributed by atoms with E-state index in [0.717, 1.165) is 11.3 Å². The van der Waals surface area contributed by atoms with Gasteiger partial charge in [-0.2, -0.15) is 11.8 Å². The molecule has 0 unspecified atom stereocenters. The molecule has 2 amide bonds. The quantitative estimate of drug-likeness (QED) is 0.615. The highest BCUT2D eigenvalue weighted by Crippen LogP contribution is 2.28. The third-order valence-corrected chi connectivity index (χ3v) is 4.03. The largest absolute Gasteiger partial charge is 0.497 e. The van der Waals surface area contributed by atoms with E-state index in [9.17, 15) is 9.59 Å². The predicted molar refractivity (Wildman–Crippen MR) is 89.4 cm³/mol. The number of rotatable bonds is 6. The first-order valence-corrected chi connectivity index (χ1v) is 8.54. The normalized spacial score (nSPS) is 17.3. The van der Waals surface area contributed by atoms with Gasteiger partial charge in [0, 0.05) is 11.4 Å². The average Bonchev–Trinajstić information content (AvgIpc) is 2.54. The monoisotopic (exact) mass is 336 g/mol. The molecule has 2 N–H and O–H groups in total. The Balaban J connectivity index is 2.27. The van der Waals surface area contributed by atoms with E-state index < -0.39 is 12.0 Å². The van der Waals surface area contributed by atoms with E-state index in [-0.39, 0.29) is 6.03 Å². The van der Waals surface area contributed by atoms with Crippen LogP contribution >= 0.6 is 11.8 Å². The molecule has 0 fully saturated rings. The Labute approximate surface area is 139 Å². The number of ether oxygens (including phenoxy) is 2. The highest BCUT2D eigenvalue weighted by Gasteiger charge is 2.32. The maximum absolute atomic E-state index is 12.4. The van der Waals surface area contributed by atoms with Gasteiger partial charge in [-0.25, -0.2) is 9.59 Å². The van der Waals surface area contributed by atoms with Crippen molar-refractivity contribution in [2.45, 2.75) is 13.0 Å². The van der Waals surface area contributed by atoms with Gasteiger partial charge in [0.2, 0.25) is 0 Å². The van der Waals surface area contributed by atoms with Crippen molar-refractivity contribution in [1.29, 1.82) is 0 Å². The van der Waals surface area contributed by atoms with Gasteiger partial charge < -0.3 is 20.1 Å².